The van der Waals surface area contributed by atoms with E-state index in [0.29, 0.717) is 0 Å². The van der Waals surface area contributed by atoms with Crippen molar-refractivity contribution in [1.82, 2.24) is 10.6 Å². The Morgan fingerprint density at radius 1 is 1.44 bits per heavy atom. The summed E-state index contributed by atoms with van der Waals surface area (Å²) in [7, 11) is 0. The Morgan fingerprint density at radius 2 is 2.17 bits per heavy atom. The molecule has 0 spiro atoms. The lowest BCUT2D eigenvalue weighted by Gasteiger charge is -2.24. The molecule has 0 radical (unpaired) electrons. The van der Waals surface area contributed by atoms with Crippen molar-refractivity contribution in [3.8, 4) is 0 Å². The molecule has 1 aliphatic heterocycles. The molecule has 18 heavy (non-hydrogen) atoms. The van der Waals surface area contributed by atoms with Crippen LogP contribution in [0.2, 0.25) is 0 Å². The van der Waals surface area contributed by atoms with Gasteiger partial charge in [-0.3, -0.25) is 4.79 Å². The molecule has 1 unspecified atom stereocenters. The normalized spacial score (nSPS) is 21.3. The molecule has 0 saturated carbocycles. The van der Waals surface area contributed by atoms with Crippen molar-refractivity contribution >= 4 is 5.91 Å². The maximum absolute atomic E-state index is 12.8. The first kappa shape index (κ1) is 13.0. The highest BCUT2D eigenvalue weighted by atomic mass is 19.1. The molecule has 2 N–H and O–H groups in total. The molecule has 0 aliphatic carbocycles. The summed E-state index contributed by atoms with van der Waals surface area (Å²) in [6.45, 7) is 3.67. The smallest absolute Gasteiger partial charge is 0.224 e. The molecule has 1 aromatic carbocycles. The Labute approximate surface area is 107 Å². The predicted octanol–water partition coefficient (Wildman–Crippen LogP) is 2.00. The SMILES string of the molecule is CC(NC(=O)[C@@H]1CCCNC1)c1ccc(F)cc1. The summed E-state index contributed by atoms with van der Waals surface area (Å²) in [5.41, 5.74) is 0.925. The average Bonchev–Trinajstić information content (AvgIpc) is 2.40. The Morgan fingerprint density at radius 3 is 2.78 bits per heavy atom. The first-order valence-electron chi connectivity index (χ1n) is 6.43. The molecule has 3 nitrogen and oxygen atoms in total. The van der Waals surface area contributed by atoms with Crippen molar-refractivity contribution in [2.45, 2.75) is 25.8 Å². The largest absolute Gasteiger partial charge is 0.349 e. The Kier molecular flexibility index (Phi) is 4.31. The highest BCUT2D eigenvalue weighted by Gasteiger charge is 2.22. The van der Waals surface area contributed by atoms with E-state index in [1.807, 2.05) is 6.92 Å². The zero-order valence-electron chi connectivity index (χ0n) is 10.6. The van der Waals surface area contributed by atoms with Gasteiger partial charge in [0.2, 0.25) is 5.91 Å². The molecule has 1 fully saturated rings. The minimum absolute atomic E-state index is 0.0571. The topological polar surface area (TPSA) is 41.1 Å². The summed E-state index contributed by atoms with van der Waals surface area (Å²) in [6.07, 6.45) is 1.98. The summed E-state index contributed by atoms with van der Waals surface area (Å²) >= 11 is 0. The lowest BCUT2D eigenvalue weighted by atomic mass is 9.98. The van der Waals surface area contributed by atoms with E-state index in [-0.39, 0.29) is 23.7 Å². The van der Waals surface area contributed by atoms with Crippen LogP contribution in [0.4, 0.5) is 4.39 Å². The molecule has 2 atom stereocenters. The van der Waals surface area contributed by atoms with Gasteiger partial charge in [0.25, 0.3) is 0 Å². The second-order valence-corrected chi connectivity index (χ2v) is 4.83. The maximum atomic E-state index is 12.8. The number of benzene rings is 1. The van der Waals surface area contributed by atoms with Crippen molar-refractivity contribution in [3.05, 3.63) is 35.6 Å². The number of hydrogen-bond acceptors (Lipinski definition) is 2. The Balaban J connectivity index is 1.91. The van der Waals surface area contributed by atoms with Crippen molar-refractivity contribution in [2.75, 3.05) is 13.1 Å². The molecule has 4 heteroatoms. The number of amides is 1. The molecule has 98 valence electrons. The van der Waals surface area contributed by atoms with E-state index in [4.69, 9.17) is 0 Å². The van der Waals surface area contributed by atoms with Crippen molar-refractivity contribution < 1.29 is 9.18 Å². The quantitative estimate of drug-likeness (QED) is 0.861. The fourth-order valence-electron chi connectivity index (χ4n) is 2.24. The van der Waals surface area contributed by atoms with Gasteiger partial charge in [0.05, 0.1) is 12.0 Å². The van der Waals surface area contributed by atoms with Gasteiger partial charge in [-0.1, -0.05) is 12.1 Å². The van der Waals surface area contributed by atoms with Gasteiger partial charge in [-0.2, -0.15) is 0 Å². The minimum atomic E-state index is -0.256. The third kappa shape index (κ3) is 3.29. The molecule has 1 aliphatic rings. The van der Waals surface area contributed by atoms with Crippen molar-refractivity contribution in [2.24, 2.45) is 5.92 Å². The molecule has 1 aromatic rings. The van der Waals surface area contributed by atoms with E-state index in [1.165, 1.54) is 12.1 Å². The predicted molar refractivity (Wildman–Crippen MR) is 68.6 cm³/mol. The van der Waals surface area contributed by atoms with E-state index in [1.54, 1.807) is 12.1 Å². The Bertz CT molecular complexity index is 399. The van der Waals surface area contributed by atoms with Crippen LogP contribution in [-0.4, -0.2) is 19.0 Å². The zero-order chi connectivity index (χ0) is 13.0. The van der Waals surface area contributed by atoms with Gasteiger partial charge in [-0.05, 0) is 44.0 Å². The van der Waals surface area contributed by atoms with Gasteiger partial charge >= 0.3 is 0 Å². The van der Waals surface area contributed by atoms with Gasteiger partial charge in [0.15, 0.2) is 0 Å². The van der Waals surface area contributed by atoms with E-state index in [9.17, 15) is 9.18 Å². The molecule has 0 aromatic heterocycles. The number of hydrogen-bond donors (Lipinski definition) is 2. The monoisotopic (exact) mass is 250 g/mol. The molecular weight excluding hydrogens is 231 g/mol. The number of nitrogens with one attached hydrogen (secondary N) is 2. The van der Waals surface area contributed by atoms with Crippen LogP contribution in [0.3, 0.4) is 0 Å². The first-order chi connectivity index (χ1) is 8.66. The van der Waals surface area contributed by atoms with Gasteiger partial charge < -0.3 is 10.6 Å². The molecule has 1 amide bonds. The Hall–Kier alpha value is -1.42. The molecule has 1 heterocycles. The zero-order valence-corrected chi connectivity index (χ0v) is 10.6. The third-order valence-electron chi connectivity index (χ3n) is 3.40. The van der Waals surface area contributed by atoms with Gasteiger partial charge in [-0.15, -0.1) is 0 Å². The van der Waals surface area contributed by atoms with Crippen molar-refractivity contribution in [1.29, 1.82) is 0 Å². The van der Waals surface area contributed by atoms with Crippen LogP contribution >= 0.6 is 0 Å². The lowest BCUT2D eigenvalue weighted by Crippen LogP contribution is -2.41. The molecule has 2 rings (SSSR count). The maximum Gasteiger partial charge on any atom is 0.224 e. The summed E-state index contributed by atoms with van der Waals surface area (Å²) in [5, 5.41) is 6.21. The van der Waals surface area contributed by atoms with E-state index in [0.717, 1.165) is 31.5 Å². The first-order valence-corrected chi connectivity index (χ1v) is 6.43. The number of carbonyl (C=O) groups is 1. The van der Waals surface area contributed by atoms with Crippen LogP contribution in [0.15, 0.2) is 24.3 Å². The van der Waals surface area contributed by atoms with Gasteiger partial charge in [0.1, 0.15) is 5.82 Å². The van der Waals surface area contributed by atoms with Gasteiger partial charge in [-0.25, -0.2) is 4.39 Å². The summed E-state index contributed by atoms with van der Waals surface area (Å²) < 4.78 is 12.8. The number of halogens is 1. The second kappa shape index (κ2) is 5.96. The fraction of sp³-hybridized carbons (Fsp3) is 0.500. The summed E-state index contributed by atoms with van der Waals surface area (Å²) in [6, 6.07) is 6.17. The fourth-order valence-corrected chi connectivity index (χ4v) is 2.24. The van der Waals surface area contributed by atoms with Crippen molar-refractivity contribution in [3.63, 3.8) is 0 Å². The second-order valence-electron chi connectivity index (χ2n) is 4.83. The van der Waals surface area contributed by atoms with Crippen LogP contribution in [0.1, 0.15) is 31.4 Å². The van der Waals surface area contributed by atoms with E-state index in [2.05, 4.69) is 10.6 Å². The average molecular weight is 250 g/mol. The highest BCUT2D eigenvalue weighted by Crippen LogP contribution is 2.16. The summed E-state index contributed by atoms with van der Waals surface area (Å²) in [4.78, 5) is 12.0. The number of piperidine rings is 1. The van der Waals surface area contributed by atoms with Crippen LogP contribution in [-0.2, 0) is 4.79 Å². The molecule has 1 saturated heterocycles. The molecular formula is C14H19FN2O. The highest BCUT2D eigenvalue weighted by molar-refractivity contribution is 5.79. The summed E-state index contributed by atoms with van der Waals surface area (Å²) in [5.74, 6) is -0.116. The van der Waals surface area contributed by atoms with Crippen LogP contribution in [0.5, 0.6) is 0 Å². The standard InChI is InChI=1S/C14H19FN2O/c1-10(11-4-6-13(15)7-5-11)17-14(18)12-3-2-8-16-9-12/h4-7,10,12,16H,2-3,8-9H2,1H3,(H,17,18)/t10?,12-/m1/s1. The molecule has 0 bridgehead atoms. The minimum Gasteiger partial charge on any atom is -0.349 e. The van der Waals surface area contributed by atoms with Gasteiger partial charge in [0, 0.05) is 6.54 Å². The van der Waals surface area contributed by atoms with Crippen LogP contribution in [0.25, 0.3) is 0 Å². The van der Waals surface area contributed by atoms with Crippen LogP contribution in [0, 0.1) is 11.7 Å². The number of rotatable bonds is 3. The van der Waals surface area contributed by atoms with E-state index < -0.39 is 0 Å². The van der Waals surface area contributed by atoms with E-state index >= 15 is 0 Å². The third-order valence-corrected chi connectivity index (χ3v) is 3.40. The lowest BCUT2D eigenvalue weighted by molar-refractivity contribution is -0.126. The van der Waals surface area contributed by atoms with Crippen LogP contribution < -0.4 is 10.6 Å². The number of carbonyl (C=O) groups excluding carboxylic acids is 1.